The van der Waals surface area contributed by atoms with Crippen molar-refractivity contribution in [2.45, 2.75) is 31.7 Å². The zero-order valence-corrected chi connectivity index (χ0v) is 19.8. The summed E-state index contributed by atoms with van der Waals surface area (Å²) in [5, 5.41) is 14.6. The van der Waals surface area contributed by atoms with Gasteiger partial charge in [-0.05, 0) is 46.9 Å². The zero-order chi connectivity index (χ0) is 24.9. The van der Waals surface area contributed by atoms with Crippen LogP contribution in [-0.2, 0) is 9.53 Å². The predicted molar refractivity (Wildman–Crippen MR) is 134 cm³/mol. The Balaban J connectivity index is 1.41. The average molecular weight is 493 g/mol. The number of halogens is 1. The number of rotatable bonds is 8. The maximum Gasteiger partial charge on any atom is 0.407 e. The van der Waals surface area contributed by atoms with Gasteiger partial charge in [-0.2, -0.15) is 0 Å². The third-order valence-corrected chi connectivity index (χ3v) is 6.32. The van der Waals surface area contributed by atoms with Crippen molar-refractivity contribution in [2.24, 2.45) is 0 Å². The molecule has 0 radical (unpaired) electrons. The van der Waals surface area contributed by atoms with Crippen LogP contribution in [0.3, 0.4) is 0 Å². The van der Waals surface area contributed by atoms with Gasteiger partial charge in [0.25, 0.3) is 0 Å². The smallest absolute Gasteiger partial charge is 0.407 e. The number of nitrogens with one attached hydrogen (secondary N) is 2. The maximum atomic E-state index is 12.8. The summed E-state index contributed by atoms with van der Waals surface area (Å²) in [4.78, 5) is 36.8. The number of anilines is 1. The van der Waals surface area contributed by atoms with Crippen molar-refractivity contribution in [1.29, 1.82) is 0 Å². The molecule has 0 saturated heterocycles. The van der Waals surface area contributed by atoms with Crippen LogP contribution in [0.2, 0.25) is 5.02 Å². The van der Waals surface area contributed by atoms with Gasteiger partial charge < -0.3 is 20.5 Å². The fraction of sp³-hybridized carbons (Fsp3) is 0.222. The number of aromatic carboxylic acids is 1. The fourth-order valence-corrected chi connectivity index (χ4v) is 4.53. The van der Waals surface area contributed by atoms with E-state index in [2.05, 4.69) is 22.8 Å². The maximum absolute atomic E-state index is 12.8. The molecule has 7 nitrogen and oxygen atoms in total. The Morgan fingerprint density at radius 2 is 1.63 bits per heavy atom. The van der Waals surface area contributed by atoms with E-state index in [1.807, 2.05) is 43.3 Å². The summed E-state index contributed by atoms with van der Waals surface area (Å²) in [5.74, 6) is -1.76. The van der Waals surface area contributed by atoms with E-state index in [1.54, 1.807) is 0 Å². The molecular weight excluding hydrogens is 468 g/mol. The first-order valence-electron chi connectivity index (χ1n) is 11.3. The summed E-state index contributed by atoms with van der Waals surface area (Å²) in [6.07, 6.45) is 0.334. The number of fused-ring (bicyclic) bond motifs is 3. The van der Waals surface area contributed by atoms with Crippen LogP contribution in [0, 0.1) is 0 Å². The van der Waals surface area contributed by atoms with Crippen molar-refractivity contribution in [3.05, 3.63) is 88.4 Å². The number of benzene rings is 3. The Kier molecular flexibility index (Phi) is 7.36. The lowest BCUT2D eigenvalue weighted by Gasteiger charge is -2.19. The summed E-state index contributed by atoms with van der Waals surface area (Å²) in [6, 6.07) is 19.4. The highest BCUT2D eigenvalue weighted by atomic mass is 35.5. The first kappa shape index (κ1) is 24.3. The summed E-state index contributed by atoms with van der Waals surface area (Å²) < 4.78 is 5.56. The van der Waals surface area contributed by atoms with Gasteiger partial charge in [-0.3, -0.25) is 4.79 Å². The molecule has 3 aromatic carbocycles. The number of amides is 2. The van der Waals surface area contributed by atoms with Gasteiger partial charge in [0, 0.05) is 11.6 Å². The Bertz CT molecular complexity index is 1230. The minimum atomic E-state index is -1.20. The Labute approximate surface area is 208 Å². The molecule has 3 N–H and O–H groups in total. The molecule has 0 spiro atoms. The topological polar surface area (TPSA) is 105 Å². The molecular formula is C27H25ClN2O5. The Morgan fingerprint density at radius 1 is 1.00 bits per heavy atom. The third kappa shape index (κ3) is 5.30. The van der Waals surface area contributed by atoms with Crippen molar-refractivity contribution < 1.29 is 24.2 Å². The number of ether oxygens (including phenoxy) is 1. The number of carbonyl (C=O) groups is 3. The molecule has 0 saturated carbocycles. The molecule has 2 amide bonds. The van der Waals surface area contributed by atoms with Crippen LogP contribution in [-0.4, -0.2) is 35.7 Å². The zero-order valence-electron chi connectivity index (χ0n) is 19.1. The van der Waals surface area contributed by atoms with Gasteiger partial charge in [0.15, 0.2) is 0 Å². The number of carboxylic acids is 1. The Hall–Kier alpha value is -3.84. The summed E-state index contributed by atoms with van der Waals surface area (Å²) in [7, 11) is 0. The second kappa shape index (κ2) is 10.6. The number of hydrogen-bond donors (Lipinski definition) is 3. The normalized spacial score (nSPS) is 12.9. The lowest BCUT2D eigenvalue weighted by molar-refractivity contribution is -0.118. The van der Waals surface area contributed by atoms with Crippen molar-refractivity contribution >= 4 is 35.3 Å². The molecule has 1 atom stereocenters. The number of carbonyl (C=O) groups excluding carboxylic acids is 2. The molecule has 0 aromatic heterocycles. The molecule has 4 rings (SSSR count). The summed E-state index contributed by atoms with van der Waals surface area (Å²) >= 11 is 5.89. The van der Waals surface area contributed by atoms with E-state index in [4.69, 9.17) is 16.3 Å². The Morgan fingerprint density at radius 3 is 2.23 bits per heavy atom. The molecule has 180 valence electrons. The molecule has 0 unspecified atom stereocenters. The van der Waals surface area contributed by atoms with Crippen molar-refractivity contribution in [2.75, 3.05) is 11.9 Å². The first-order chi connectivity index (χ1) is 16.9. The van der Waals surface area contributed by atoms with E-state index in [1.165, 1.54) is 18.2 Å². The highest BCUT2D eigenvalue weighted by Gasteiger charge is 2.29. The lowest BCUT2D eigenvalue weighted by Crippen LogP contribution is -2.44. The molecule has 0 aliphatic heterocycles. The van der Waals surface area contributed by atoms with E-state index in [0.717, 1.165) is 22.3 Å². The molecule has 0 heterocycles. The molecule has 1 aliphatic carbocycles. The minimum Gasteiger partial charge on any atom is -0.478 e. The van der Waals surface area contributed by atoms with E-state index < -0.39 is 24.0 Å². The first-order valence-corrected chi connectivity index (χ1v) is 11.7. The predicted octanol–water partition coefficient (Wildman–Crippen LogP) is 5.68. The van der Waals surface area contributed by atoms with Gasteiger partial charge in [-0.25, -0.2) is 9.59 Å². The SMILES string of the molecule is CCC[C@@H](NC(=O)OCC1c2ccccc2-c2ccccc21)C(=O)Nc1ccc(Cl)c(C(=O)O)c1. The molecule has 0 fully saturated rings. The highest BCUT2D eigenvalue weighted by Crippen LogP contribution is 2.44. The van der Waals surface area contributed by atoms with Crippen LogP contribution in [0.4, 0.5) is 10.5 Å². The quantitative estimate of drug-likeness (QED) is 0.375. The largest absolute Gasteiger partial charge is 0.478 e. The van der Waals surface area contributed by atoms with Gasteiger partial charge in [-0.15, -0.1) is 0 Å². The van der Waals surface area contributed by atoms with Crippen LogP contribution in [0.5, 0.6) is 0 Å². The second-order valence-electron chi connectivity index (χ2n) is 8.30. The number of carboxylic acid groups (broad SMARTS) is 1. The van der Waals surface area contributed by atoms with E-state index >= 15 is 0 Å². The highest BCUT2D eigenvalue weighted by molar-refractivity contribution is 6.33. The van der Waals surface area contributed by atoms with Gasteiger partial charge in [0.05, 0.1) is 10.6 Å². The number of hydrogen-bond acceptors (Lipinski definition) is 4. The van der Waals surface area contributed by atoms with E-state index in [-0.39, 0.29) is 28.8 Å². The molecule has 8 heteroatoms. The van der Waals surface area contributed by atoms with Crippen molar-refractivity contribution in [3.63, 3.8) is 0 Å². The lowest BCUT2D eigenvalue weighted by atomic mass is 9.98. The monoisotopic (exact) mass is 492 g/mol. The van der Waals surface area contributed by atoms with Crippen molar-refractivity contribution in [1.82, 2.24) is 5.32 Å². The average Bonchev–Trinajstić information content (AvgIpc) is 3.17. The summed E-state index contributed by atoms with van der Waals surface area (Å²) in [5.41, 5.74) is 4.60. The van der Waals surface area contributed by atoms with Crippen molar-refractivity contribution in [3.8, 4) is 11.1 Å². The standard InChI is InChI=1S/C27H25ClN2O5/c1-2-7-24(25(31)29-16-12-13-23(28)21(14-16)26(32)33)30-27(34)35-15-22-19-10-5-3-8-17(19)18-9-4-6-11-20(18)22/h3-6,8-14,22,24H,2,7,15H2,1H3,(H,29,31)(H,30,34)(H,32,33)/t24-/m1/s1. The molecule has 35 heavy (non-hydrogen) atoms. The summed E-state index contributed by atoms with van der Waals surface area (Å²) in [6.45, 7) is 2.03. The second-order valence-corrected chi connectivity index (χ2v) is 8.71. The van der Waals surface area contributed by atoms with Gasteiger partial charge in [-0.1, -0.05) is 73.5 Å². The molecule has 1 aliphatic rings. The van der Waals surface area contributed by atoms with E-state index in [9.17, 15) is 19.5 Å². The molecule has 0 bridgehead atoms. The fourth-order valence-electron chi connectivity index (χ4n) is 4.34. The minimum absolute atomic E-state index is 0.0670. The van der Waals surface area contributed by atoms with E-state index in [0.29, 0.717) is 12.8 Å². The van der Waals surface area contributed by atoms with Gasteiger partial charge in [0.2, 0.25) is 5.91 Å². The molecule has 3 aromatic rings. The van der Waals surface area contributed by atoms with Crippen LogP contribution >= 0.6 is 11.6 Å². The van der Waals surface area contributed by atoms with Gasteiger partial charge in [0.1, 0.15) is 12.6 Å². The number of alkyl carbamates (subject to hydrolysis) is 1. The van der Waals surface area contributed by atoms with Crippen LogP contribution in [0.15, 0.2) is 66.7 Å². The van der Waals surface area contributed by atoms with Crippen LogP contribution in [0.1, 0.15) is 47.2 Å². The van der Waals surface area contributed by atoms with Gasteiger partial charge >= 0.3 is 12.1 Å². The van der Waals surface area contributed by atoms with Crippen LogP contribution < -0.4 is 10.6 Å². The van der Waals surface area contributed by atoms with Crippen LogP contribution in [0.25, 0.3) is 11.1 Å². The third-order valence-electron chi connectivity index (χ3n) is 5.99.